The molecule has 0 radical (unpaired) electrons. The summed E-state index contributed by atoms with van der Waals surface area (Å²) in [6, 6.07) is 5.67. The Labute approximate surface area is 111 Å². The molecule has 0 aliphatic carbocycles. The number of ether oxygens (including phenoxy) is 1. The molecule has 4 heteroatoms. The van der Waals surface area contributed by atoms with Crippen LogP contribution < -0.4 is 5.32 Å². The molecule has 1 aromatic rings. The third kappa shape index (κ3) is 4.88. The molecule has 0 unspecified atom stereocenters. The molecule has 0 aromatic heterocycles. The second kappa shape index (κ2) is 6.77. The molecule has 0 fully saturated rings. The Bertz CT molecular complexity index is 391. The third-order valence-corrected chi connectivity index (χ3v) is 2.78. The smallest absolute Gasteiger partial charge is 0.251 e. The summed E-state index contributed by atoms with van der Waals surface area (Å²) in [7, 11) is 0. The molecule has 0 heterocycles. The number of carbonyl (C=O) groups excluding carboxylic acids is 1. The Kier molecular flexibility index (Phi) is 5.65. The van der Waals surface area contributed by atoms with Crippen LogP contribution in [-0.4, -0.2) is 25.2 Å². The molecule has 0 spiro atoms. The monoisotopic (exact) mass is 299 g/mol. The van der Waals surface area contributed by atoms with Crippen molar-refractivity contribution in [3.63, 3.8) is 0 Å². The van der Waals surface area contributed by atoms with E-state index in [2.05, 4.69) is 21.2 Å². The van der Waals surface area contributed by atoms with Gasteiger partial charge in [-0.15, -0.1) is 0 Å². The normalized spacial score (nSPS) is 10.6. The second-order valence-electron chi connectivity index (χ2n) is 4.13. The minimum absolute atomic E-state index is 0.0591. The fraction of sp³-hybridized carbons (Fsp3) is 0.462. The van der Waals surface area contributed by atoms with Gasteiger partial charge in [0.25, 0.3) is 5.91 Å². The van der Waals surface area contributed by atoms with Gasteiger partial charge in [0.2, 0.25) is 0 Å². The van der Waals surface area contributed by atoms with E-state index in [0.29, 0.717) is 18.7 Å². The lowest BCUT2D eigenvalue weighted by atomic mass is 10.1. The molecule has 0 saturated carbocycles. The molecular weight excluding hydrogens is 282 g/mol. The van der Waals surface area contributed by atoms with Crippen LogP contribution >= 0.6 is 15.9 Å². The maximum absolute atomic E-state index is 11.9. The Morgan fingerprint density at radius 2 is 2.18 bits per heavy atom. The van der Waals surface area contributed by atoms with Crippen molar-refractivity contribution < 1.29 is 9.53 Å². The van der Waals surface area contributed by atoms with Crippen molar-refractivity contribution in [2.45, 2.75) is 26.9 Å². The average molecular weight is 300 g/mol. The van der Waals surface area contributed by atoms with Gasteiger partial charge in [-0.3, -0.25) is 4.79 Å². The standard InChI is InChI=1S/C13H18BrNO2/c1-9(2)17-7-6-15-13(16)12-8-11(14)5-4-10(12)3/h4-5,8-9H,6-7H2,1-3H3,(H,15,16). The number of benzene rings is 1. The first-order valence-electron chi connectivity index (χ1n) is 5.66. The van der Waals surface area contributed by atoms with Crippen LogP contribution in [0.4, 0.5) is 0 Å². The maximum atomic E-state index is 11.9. The Balaban J connectivity index is 2.49. The number of hydrogen-bond acceptors (Lipinski definition) is 2. The van der Waals surface area contributed by atoms with Crippen molar-refractivity contribution in [1.82, 2.24) is 5.32 Å². The van der Waals surface area contributed by atoms with E-state index in [4.69, 9.17) is 4.74 Å². The third-order valence-electron chi connectivity index (χ3n) is 2.28. The predicted molar refractivity (Wildman–Crippen MR) is 72.3 cm³/mol. The van der Waals surface area contributed by atoms with Crippen LogP contribution in [-0.2, 0) is 4.74 Å². The maximum Gasteiger partial charge on any atom is 0.251 e. The Hall–Kier alpha value is -0.870. The summed E-state index contributed by atoms with van der Waals surface area (Å²) in [5.74, 6) is -0.0591. The van der Waals surface area contributed by atoms with Gasteiger partial charge < -0.3 is 10.1 Å². The van der Waals surface area contributed by atoms with Crippen LogP contribution in [0.15, 0.2) is 22.7 Å². The highest BCUT2D eigenvalue weighted by atomic mass is 79.9. The van der Waals surface area contributed by atoms with E-state index < -0.39 is 0 Å². The molecule has 1 aromatic carbocycles. The highest BCUT2D eigenvalue weighted by Crippen LogP contribution is 2.15. The summed E-state index contributed by atoms with van der Waals surface area (Å²) in [6.07, 6.45) is 0.194. The molecule has 17 heavy (non-hydrogen) atoms. The molecular formula is C13H18BrNO2. The number of nitrogens with one attached hydrogen (secondary N) is 1. The van der Waals surface area contributed by atoms with Gasteiger partial charge in [0.05, 0.1) is 12.7 Å². The summed E-state index contributed by atoms with van der Waals surface area (Å²) in [4.78, 5) is 11.9. The molecule has 0 atom stereocenters. The SMILES string of the molecule is Cc1ccc(Br)cc1C(=O)NCCOC(C)C. The van der Waals surface area contributed by atoms with Gasteiger partial charge in [0.15, 0.2) is 0 Å². The van der Waals surface area contributed by atoms with Crippen molar-refractivity contribution in [1.29, 1.82) is 0 Å². The molecule has 0 bridgehead atoms. The van der Waals surface area contributed by atoms with Gasteiger partial charge in [-0.05, 0) is 38.5 Å². The van der Waals surface area contributed by atoms with Crippen LogP contribution in [0.1, 0.15) is 29.8 Å². The second-order valence-corrected chi connectivity index (χ2v) is 5.05. The number of aryl methyl sites for hydroxylation is 1. The number of amides is 1. The Morgan fingerprint density at radius 3 is 2.82 bits per heavy atom. The quantitative estimate of drug-likeness (QED) is 0.849. The van der Waals surface area contributed by atoms with E-state index in [1.165, 1.54) is 0 Å². The van der Waals surface area contributed by atoms with Crippen molar-refractivity contribution in [3.8, 4) is 0 Å². The summed E-state index contributed by atoms with van der Waals surface area (Å²) >= 11 is 3.36. The fourth-order valence-electron chi connectivity index (χ4n) is 1.39. The van der Waals surface area contributed by atoms with E-state index in [1.807, 2.05) is 39.0 Å². The van der Waals surface area contributed by atoms with Crippen molar-refractivity contribution in [2.24, 2.45) is 0 Å². The van der Waals surface area contributed by atoms with Gasteiger partial charge in [-0.1, -0.05) is 22.0 Å². The van der Waals surface area contributed by atoms with Crippen LogP contribution in [0, 0.1) is 6.92 Å². The zero-order valence-corrected chi connectivity index (χ0v) is 12.0. The summed E-state index contributed by atoms with van der Waals surface area (Å²) in [6.45, 7) is 6.94. The first-order valence-corrected chi connectivity index (χ1v) is 6.46. The van der Waals surface area contributed by atoms with Gasteiger partial charge in [0.1, 0.15) is 0 Å². The zero-order valence-electron chi connectivity index (χ0n) is 10.4. The average Bonchev–Trinajstić information content (AvgIpc) is 2.27. The molecule has 0 aliphatic heterocycles. The highest BCUT2D eigenvalue weighted by molar-refractivity contribution is 9.10. The predicted octanol–water partition coefficient (Wildman–Crippen LogP) is 2.91. The lowest BCUT2D eigenvalue weighted by Gasteiger charge is -2.10. The van der Waals surface area contributed by atoms with E-state index in [1.54, 1.807) is 0 Å². The topological polar surface area (TPSA) is 38.3 Å². The lowest BCUT2D eigenvalue weighted by Crippen LogP contribution is -2.28. The molecule has 1 rings (SSSR count). The summed E-state index contributed by atoms with van der Waals surface area (Å²) in [5, 5.41) is 2.84. The fourth-order valence-corrected chi connectivity index (χ4v) is 1.75. The van der Waals surface area contributed by atoms with Gasteiger partial charge in [0, 0.05) is 16.6 Å². The van der Waals surface area contributed by atoms with E-state index in [9.17, 15) is 4.79 Å². The van der Waals surface area contributed by atoms with E-state index in [-0.39, 0.29) is 12.0 Å². The summed E-state index contributed by atoms with van der Waals surface area (Å²) < 4.78 is 6.27. The molecule has 1 N–H and O–H groups in total. The van der Waals surface area contributed by atoms with Crippen LogP contribution in [0.2, 0.25) is 0 Å². The van der Waals surface area contributed by atoms with Gasteiger partial charge >= 0.3 is 0 Å². The lowest BCUT2D eigenvalue weighted by molar-refractivity contribution is 0.0746. The molecule has 94 valence electrons. The minimum atomic E-state index is -0.0591. The van der Waals surface area contributed by atoms with E-state index >= 15 is 0 Å². The number of rotatable bonds is 5. The number of halogens is 1. The van der Waals surface area contributed by atoms with Gasteiger partial charge in [-0.2, -0.15) is 0 Å². The highest BCUT2D eigenvalue weighted by Gasteiger charge is 2.08. The van der Waals surface area contributed by atoms with Crippen LogP contribution in [0.5, 0.6) is 0 Å². The first kappa shape index (κ1) is 14.2. The Morgan fingerprint density at radius 1 is 1.47 bits per heavy atom. The molecule has 3 nitrogen and oxygen atoms in total. The molecule has 0 saturated heterocycles. The summed E-state index contributed by atoms with van der Waals surface area (Å²) in [5.41, 5.74) is 1.67. The van der Waals surface area contributed by atoms with Crippen molar-refractivity contribution in [2.75, 3.05) is 13.2 Å². The minimum Gasteiger partial charge on any atom is -0.377 e. The molecule has 0 aliphatic rings. The molecule has 1 amide bonds. The van der Waals surface area contributed by atoms with E-state index in [0.717, 1.165) is 10.0 Å². The number of hydrogen-bond donors (Lipinski definition) is 1. The largest absolute Gasteiger partial charge is 0.377 e. The van der Waals surface area contributed by atoms with Crippen LogP contribution in [0.3, 0.4) is 0 Å². The van der Waals surface area contributed by atoms with Crippen molar-refractivity contribution in [3.05, 3.63) is 33.8 Å². The van der Waals surface area contributed by atoms with Crippen molar-refractivity contribution >= 4 is 21.8 Å². The van der Waals surface area contributed by atoms with Gasteiger partial charge in [-0.25, -0.2) is 0 Å². The van der Waals surface area contributed by atoms with Crippen LogP contribution in [0.25, 0.3) is 0 Å². The zero-order chi connectivity index (χ0) is 12.8. The first-order chi connectivity index (χ1) is 8.00. The number of carbonyl (C=O) groups is 1.